The Hall–Kier alpha value is -0.200. The van der Waals surface area contributed by atoms with Crippen LogP contribution in [0.3, 0.4) is 0 Å². The lowest BCUT2D eigenvalue weighted by molar-refractivity contribution is -0.246. The van der Waals surface area contributed by atoms with Crippen LogP contribution in [-0.2, 0) is 9.47 Å². The first kappa shape index (κ1) is 9.88. The zero-order valence-corrected chi connectivity index (χ0v) is 7.18. The molecule has 0 radical (unpaired) electrons. The Labute approximate surface area is 71.1 Å². The number of methoxy groups -OCH3 is 1. The van der Waals surface area contributed by atoms with Gasteiger partial charge in [0.1, 0.15) is 12.2 Å². The molecule has 0 aromatic rings. The summed E-state index contributed by atoms with van der Waals surface area (Å²) in [5.41, 5.74) is 5.53. The molecule has 0 aromatic carbocycles. The minimum absolute atomic E-state index is 0.454. The van der Waals surface area contributed by atoms with E-state index in [9.17, 15) is 10.2 Å². The first-order valence-electron chi connectivity index (χ1n) is 3.88. The topological polar surface area (TPSA) is 84.9 Å². The predicted molar refractivity (Wildman–Crippen MR) is 41.3 cm³/mol. The third-order valence-electron chi connectivity index (χ3n) is 2.12. The van der Waals surface area contributed by atoms with Gasteiger partial charge in [-0.1, -0.05) is 0 Å². The SMILES string of the molecule is COC1O[C@H](C)[C@H](O)[C@H](O)[C@H]1N. The number of aliphatic hydroxyl groups excluding tert-OH is 2. The highest BCUT2D eigenvalue weighted by Gasteiger charge is 2.40. The number of ether oxygens (including phenoxy) is 2. The molecular formula is C7H15NO4. The minimum atomic E-state index is -0.987. The first-order chi connectivity index (χ1) is 5.57. The highest BCUT2D eigenvalue weighted by molar-refractivity contribution is 4.89. The van der Waals surface area contributed by atoms with Crippen molar-refractivity contribution in [3.8, 4) is 0 Å². The van der Waals surface area contributed by atoms with Gasteiger partial charge in [0.05, 0.1) is 12.1 Å². The molecule has 0 aliphatic carbocycles. The molecular weight excluding hydrogens is 162 g/mol. The summed E-state index contributed by atoms with van der Waals surface area (Å²) in [5.74, 6) is 0. The van der Waals surface area contributed by atoms with Crippen LogP contribution in [0.15, 0.2) is 0 Å². The molecule has 1 fully saturated rings. The zero-order chi connectivity index (χ0) is 9.30. The van der Waals surface area contributed by atoms with E-state index in [1.807, 2.05) is 0 Å². The van der Waals surface area contributed by atoms with E-state index in [1.54, 1.807) is 6.92 Å². The Balaban J connectivity index is 2.63. The van der Waals surface area contributed by atoms with E-state index >= 15 is 0 Å². The lowest BCUT2D eigenvalue weighted by atomic mass is 9.98. The molecule has 5 atom stereocenters. The molecule has 0 aromatic heterocycles. The summed E-state index contributed by atoms with van der Waals surface area (Å²) in [7, 11) is 1.45. The van der Waals surface area contributed by atoms with Gasteiger partial charge in [-0.25, -0.2) is 0 Å². The number of nitrogens with two attached hydrogens (primary N) is 1. The molecule has 0 bridgehead atoms. The van der Waals surface area contributed by atoms with Gasteiger partial charge in [-0.2, -0.15) is 0 Å². The van der Waals surface area contributed by atoms with E-state index in [0.29, 0.717) is 0 Å². The summed E-state index contributed by atoms with van der Waals surface area (Å²) >= 11 is 0. The molecule has 0 spiro atoms. The maximum absolute atomic E-state index is 9.38. The van der Waals surface area contributed by atoms with Gasteiger partial charge in [0, 0.05) is 7.11 Å². The van der Waals surface area contributed by atoms with Crippen LogP contribution >= 0.6 is 0 Å². The molecule has 5 heteroatoms. The second kappa shape index (κ2) is 3.68. The van der Waals surface area contributed by atoms with E-state index in [0.717, 1.165) is 0 Å². The summed E-state index contributed by atoms with van der Waals surface area (Å²) < 4.78 is 10.0. The van der Waals surface area contributed by atoms with Gasteiger partial charge in [-0.3, -0.25) is 0 Å². The summed E-state index contributed by atoms with van der Waals surface area (Å²) in [5, 5.41) is 18.7. The molecule has 5 nitrogen and oxygen atoms in total. The van der Waals surface area contributed by atoms with Gasteiger partial charge in [0.25, 0.3) is 0 Å². The van der Waals surface area contributed by atoms with Crippen LogP contribution in [0.4, 0.5) is 0 Å². The van der Waals surface area contributed by atoms with Crippen LogP contribution in [0.25, 0.3) is 0 Å². The van der Waals surface area contributed by atoms with Gasteiger partial charge >= 0.3 is 0 Å². The lowest BCUT2D eigenvalue weighted by Gasteiger charge is -2.39. The van der Waals surface area contributed by atoms with Crippen LogP contribution in [0.2, 0.25) is 0 Å². The van der Waals surface area contributed by atoms with Crippen molar-refractivity contribution in [3.63, 3.8) is 0 Å². The highest BCUT2D eigenvalue weighted by atomic mass is 16.7. The molecule has 4 N–H and O–H groups in total. The molecule has 0 amide bonds. The van der Waals surface area contributed by atoms with Gasteiger partial charge in [0.2, 0.25) is 0 Å². The van der Waals surface area contributed by atoms with E-state index in [1.165, 1.54) is 7.11 Å². The average molecular weight is 177 g/mol. The quantitative estimate of drug-likeness (QED) is 0.450. The summed E-state index contributed by atoms with van der Waals surface area (Å²) in [6.45, 7) is 1.66. The largest absolute Gasteiger partial charge is 0.388 e. The number of rotatable bonds is 1. The van der Waals surface area contributed by atoms with Crippen molar-refractivity contribution in [2.75, 3.05) is 7.11 Å². The van der Waals surface area contributed by atoms with Gasteiger partial charge in [-0.15, -0.1) is 0 Å². The van der Waals surface area contributed by atoms with Crippen molar-refractivity contribution in [1.82, 2.24) is 0 Å². The van der Waals surface area contributed by atoms with Crippen LogP contribution < -0.4 is 5.73 Å². The van der Waals surface area contributed by atoms with Crippen molar-refractivity contribution >= 4 is 0 Å². The van der Waals surface area contributed by atoms with E-state index in [2.05, 4.69) is 0 Å². The lowest BCUT2D eigenvalue weighted by Crippen LogP contribution is -2.60. The number of hydrogen-bond donors (Lipinski definition) is 3. The van der Waals surface area contributed by atoms with E-state index in [-0.39, 0.29) is 0 Å². The predicted octanol–water partition coefficient (Wildman–Crippen LogP) is -1.57. The Kier molecular flexibility index (Phi) is 3.03. The average Bonchev–Trinajstić information content (AvgIpc) is 2.08. The zero-order valence-electron chi connectivity index (χ0n) is 7.18. The Bertz CT molecular complexity index is 150. The van der Waals surface area contributed by atoms with Crippen LogP contribution in [0.5, 0.6) is 0 Å². The van der Waals surface area contributed by atoms with Crippen molar-refractivity contribution in [1.29, 1.82) is 0 Å². The standard InChI is InChI=1S/C7H15NO4/c1-3-5(9)6(10)4(8)7(11-2)12-3/h3-7,9-10H,8H2,1-2H3/t3-,4-,5+,6-,7?/m1/s1. The second-order valence-electron chi connectivity index (χ2n) is 3.00. The molecule has 1 aliphatic heterocycles. The Morgan fingerprint density at radius 2 is 1.92 bits per heavy atom. The fraction of sp³-hybridized carbons (Fsp3) is 1.00. The fourth-order valence-electron chi connectivity index (χ4n) is 1.26. The minimum Gasteiger partial charge on any atom is -0.388 e. The Morgan fingerprint density at radius 1 is 1.33 bits per heavy atom. The third-order valence-corrected chi connectivity index (χ3v) is 2.12. The van der Waals surface area contributed by atoms with Crippen molar-refractivity contribution in [2.24, 2.45) is 5.73 Å². The molecule has 1 aliphatic rings. The summed E-state index contributed by atoms with van der Waals surface area (Å²) in [4.78, 5) is 0. The summed E-state index contributed by atoms with van der Waals surface area (Å²) in [6, 6.07) is -0.693. The molecule has 0 saturated carbocycles. The molecule has 1 unspecified atom stereocenters. The van der Waals surface area contributed by atoms with Gasteiger partial charge in [-0.05, 0) is 6.92 Å². The van der Waals surface area contributed by atoms with E-state index < -0.39 is 30.6 Å². The van der Waals surface area contributed by atoms with Crippen LogP contribution in [0.1, 0.15) is 6.92 Å². The molecule has 1 saturated heterocycles. The monoisotopic (exact) mass is 177 g/mol. The van der Waals surface area contributed by atoms with Crippen molar-refractivity contribution < 1.29 is 19.7 Å². The summed E-state index contributed by atoms with van der Waals surface area (Å²) in [6.07, 6.45) is -3.02. The number of hydrogen-bond acceptors (Lipinski definition) is 5. The molecule has 72 valence electrons. The van der Waals surface area contributed by atoms with Crippen LogP contribution in [0, 0.1) is 0 Å². The third kappa shape index (κ3) is 1.60. The normalized spacial score (nSPS) is 49.2. The fourth-order valence-corrected chi connectivity index (χ4v) is 1.26. The maximum Gasteiger partial charge on any atom is 0.175 e. The van der Waals surface area contributed by atoms with Crippen LogP contribution in [-0.4, -0.2) is 48.0 Å². The molecule has 1 rings (SSSR count). The van der Waals surface area contributed by atoms with Crippen molar-refractivity contribution in [2.45, 2.75) is 37.6 Å². The highest BCUT2D eigenvalue weighted by Crippen LogP contribution is 2.19. The van der Waals surface area contributed by atoms with Crippen molar-refractivity contribution in [3.05, 3.63) is 0 Å². The maximum atomic E-state index is 9.38. The first-order valence-corrected chi connectivity index (χ1v) is 3.88. The van der Waals surface area contributed by atoms with Gasteiger partial charge in [0.15, 0.2) is 6.29 Å². The smallest absolute Gasteiger partial charge is 0.175 e. The number of aliphatic hydroxyl groups is 2. The van der Waals surface area contributed by atoms with E-state index in [4.69, 9.17) is 15.2 Å². The molecule has 12 heavy (non-hydrogen) atoms. The second-order valence-corrected chi connectivity index (χ2v) is 3.00. The Morgan fingerprint density at radius 3 is 2.42 bits per heavy atom. The van der Waals surface area contributed by atoms with Gasteiger partial charge < -0.3 is 25.4 Å². The molecule has 1 heterocycles.